The molecule has 0 unspecified atom stereocenters. The Morgan fingerprint density at radius 1 is 1.18 bits per heavy atom. The van der Waals surface area contributed by atoms with E-state index in [4.69, 9.17) is 17.0 Å². The third-order valence-corrected chi connectivity index (χ3v) is 5.73. The monoisotopic (exact) mass is 409 g/mol. The Balaban J connectivity index is 1.65. The summed E-state index contributed by atoms with van der Waals surface area (Å²) in [6.45, 7) is 0.335. The van der Waals surface area contributed by atoms with Gasteiger partial charge in [-0.05, 0) is 29.4 Å². The molecule has 1 atom stereocenters. The van der Waals surface area contributed by atoms with Crippen LogP contribution in [0.4, 0.5) is 0 Å². The summed E-state index contributed by atoms with van der Waals surface area (Å²) >= 11 is 6.44. The predicted molar refractivity (Wildman–Crippen MR) is 112 cm³/mol. The summed E-state index contributed by atoms with van der Waals surface area (Å²) in [5, 5.41) is 9.73. The maximum Gasteiger partial charge on any atom is 0.331 e. The minimum atomic E-state index is -1.16. The third-order valence-electron chi connectivity index (χ3n) is 4.40. The van der Waals surface area contributed by atoms with Crippen molar-refractivity contribution in [1.29, 1.82) is 0 Å². The van der Waals surface area contributed by atoms with Crippen LogP contribution >= 0.6 is 24.0 Å². The van der Waals surface area contributed by atoms with E-state index in [0.717, 1.165) is 28.6 Å². The van der Waals surface area contributed by atoms with Crippen molar-refractivity contribution in [1.82, 2.24) is 4.90 Å². The zero-order valence-corrected chi connectivity index (χ0v) is 16.2. The number of carboxylic acids is 1. The van der Waals surface area contributed by atoms with Crippen LogP contribution in [0.25, 0.3) is 6.08 Å². The molecule has 0 radical (unpaired) electrons. The van der Waals surface area contributed by atoms with Gasteiger partial charge in [-0.25, -0.2) is 4.79 Å². The fourth-order valence-electron chi connectivity index (χ4n) is 3.13. The molecule has 2 aromatic rings. The van der Waals surface area contributed by atoms with Gasteiger partial charge in [-0.2, -0.15) is 0 Å². The summed E-state index contributed by atoms with van der Waals surface area (Å²) < 4.78 is 5.94. The van der Waals surface area contributed by atoms with Gasteiger partial charge in [-0.15, -0.1) is 0 Å². The van der Waals surface area contributed by atoms with Crippen LogP contribution in [0.2, 0.25) is 0 Å². The van der Waals surface area contributed by atoms with Gasteiger partial charge in [-0.3, -0.25) is 9.69 Å². The highest BCUT2D eigenvalue weighted by Gasteiger charge is 2.41. The van der Waals surface area contributed by atoms with Gasteiger partial charge in [0, 0.05) is 5.56 Å². The van der Waals surface area contributed by atoms with E-state index in [0.29, 0.717) is 17.1 Å². The number of ether oxygens (including phenoxy) is 1. The Kier molecular flexibility index (Phi) is 5.02. The van der Waals surface area contributed by atoms with Crippen molar-refractivity contribution in [3.05, 3.63) is 82.3 Å². The molecule has 1 amide bonds. The first-order valence-corrected chi connectivity index (χ1v) is 9.74. The zero-order valence-electron chi connectivity index (χ0n) is 14.6. The normalized spacial score (nSPS) is 18.5. The van der Waals surface area contributed by atoms with Crippen LogP contribution in [-0.2, 0) is 9.59 Å². The van der Waals surface area contributed by atoms with Crippen LogP contribution in [0.3, 0.4) is 0 Å². The number of thioether (sulfide) groups is 1. The van der Waals surface area contributed by atoms with Gasteiger partial charge < -0.3 is 9.84 Å². The number of carboxylic acid groups (broad SMARTS) is 1. The molecule has 1 N–H and O–H groups in total. The van der Waals surface area contributed by atoms with Gasteiger partial charge in [-0.1, -0.05) is 72.5 Å². The lowest BCUT2D eigenvalue weighted by Gasteiger charge is -2.23. The molecule has 5 nitrogen and oxygen atoms in total. The molecule has 4 rings (SSSR count). The van der Waals surface area contributed by atoms with Gasteiger partial charge in [0.25, 0.3) is 5.91 Å². The van der Waals surface area contributed by atoms with Gasteiger partial charge in [0.1, 0.15) is 16.7 Å². The van der Waals surface area contributed by atoms with Crippen LogP contribution < -0.4 is 4.74 Å². The number of hydrogen-bond donors (Lipinski definition) is 1. The number of nitrogens with zero attached hydrogens (tertiary/aromatic N) is 1. The molecular formula is C21H15NO4S2. The summed E-state index contributed by atoms with van der Waals surface area (Å²) in [4.78, 5) is 26.4. The van der Waals surface area contributed by atoms with Gasteiger partial charge in [0.15, 0.2) is 6.04 Å². The molecule has 2 aliphatic rings. The van der Waals surface area contributed by atoms with E-state index in [-0.39, 0.29) is 4.32 Å². The highest BCUT2D eigenvalue weighted by Crippen LogP contribution is 2.38. The topological polar surface area (TPSA) is 66.8 Å². The number of hydrogen-bond acceptors (Lipinski definition) is 5. The lowest BCUT2D eigenvalue weighted by atomic mass is 10.1. The highest BCUT2D eigenvalue weighted by atomic mass is 32.2. The number of fused-ring (bicyclic) bond motifs is 1. The SMILES string of the molecule is O=C(O)[C@H](c1ccccc1)N1C(=O)/C(=C\C2=Cc3ccccc3OC2)SC1=S. The largest absolute Gasteiger partial charge is 0.488 e. The fourth-order valence-corrected chi connectivity index (χ4v) is 4.45. The Morgan fingerprint density at radius 3 is 2.64 bits per heavy atom. The van der Waals surface area contributed by atoms with Gasteiger partial charge in [0.05, 0.1) is 4.91 Å². The number of para-hydroxylation sites is 1. The smallest absolute Gasteiger partial charge is 0.331 e. The van der Waals surface area contributed by atoms with Crippen molar-refractivity contribution in [3.8, 4) is 5.75 Å². The van der Waals surface area contributed by atoms with Crippen LogP contribution in [-0.4, -0.2) is 32.8 Å². The summed E-state index contributed by atoms with van der Waals surface area (Å²) in [6, 6.07) is 15.1. The summed E-state index contributed by atoms with van der Waals surface area (Å²) in [5.74, 6) is -0.744. The standard InChI is InChI=1S/C21H15NO4S2/c23-19-17(11-13-10-15-8-4-5-9-16(15)26-12-13)28-21(27)22(19)18(20(24)25)14-6-2-1-3-7-14/h1-11,18H,12H2,(H,24,25)/b17-11+/t18-/m0/s1. The first-order chi connectivity index (χ1) is 13.5. The van der Waals surface area contributed by atoms with Crippen LogP contribution in [0.1, 0.15) is 17.2 Å². The predicted octanol–water partition coefficient (Wildman–Crippen LogP) is 4.03. The molecule has 140 valence electrons. The second-order valence-corrected chi connectivity index (χ2v) is 7.92. The van der Waals surface area contributed by atoms with Crippen molar-refractivity contribution < 1.29 is 19.4 Å². The summed E-state index contributed by atoms with van der Waals surface area (Å²) in [7, 11) is 0. The van der Waals surface area contributed by atoms with E-state index in [2.05, 4.69) is 0 Å². The van der Waals surface area contributed by atoms with Crippen molar-refractivity contribution in [2.24, 2.45) is 0 Å². The average Bonchev–Trinajstić information content (AvgIpc) is 2.96. The molecule has 1 saturated heterocycles. The maximum absolute atomic E-state index is 13.0. The Labute approximate surface area is 171 Å². The van der Waals surface area contributed by atoms with E-state index >= 15 is 0 Å². The van der Waals surface area contributed by atoms with Crippen LogP contribution in [0, 0.1) is 0 Å². The average molecular weight is 409 g/mol. The number of carbonyl (C=O) groups is 2. The van der Waals surface area contributed by atoms with Crippen molar-refractivity contribution >= 4 is 46.3 Å². The van der Waals surface area contributed by atoms with Gasteiger partial charge >= 0.3 is 5.97 Å². The molecule has 2 aliphatic heterocycles. The van der Waals surface area contributed by atoms with Crippen molar-refractivity contribution in [2.75, 3.05) is 6.61 Å². The number of aliphatic carboxylic acids is 1. The van der Waals surface area contributed by atoms with E-state index in [1.807, 2.05) is 30.3 Å². The minimum Gasteiger partial charge on any atom is -0.488 e. The van der Waals surface area contributed by atoms with E-state index in [1.165, 1.54) is 4.90 Å². The van der Waals surface area contributed by atoms with E-state index < -0.39 is 17.9 Å². The zero-order chi connectivity index (χ0) is 19.7. The van der Waals surface area contributed by atoms with Crippen LogP contribution in [0.5, 0.6) is 5.75 Å². The highest BCUT2D eigenvalue weighted by molar-refractivity contribution is 8.26. The molecule has 0 spiro atoms. The molecule has 28 heavy (non-hydrogen) atoms. The first kappa shape index (κ1) is 18.5. The molecular weight excluding hydrogens is 394 g/mol. The second-order valence-electron chi connectivity index (χ2n) is 6.25. The van der Waals surface area contributed by atoms with E-state index in [1.54, 1.807) is 36.4 Å². The molecule has 1 fully saturated rings. The van der Waals surface area contributed by atoms with E-state index in [9.17, 15) is 14.7 Å². The number of thiocarbonyl (C=S) groups is 1. The minimum absolute atomic E-state index is 0.227. The Bertz CT molecular complexity index is 1030. The number of benzene rings is 2. The Morgan fingerprint density at radius 2 is 1.89 bits per heavy atom. The summed E-state index contributed by atoms with van der Waals surface area (Å²) in [6.07, 6.45) is 3.68. The molecule has 0 saturated carbocycles. The number of rotatable bonds is 4. The van der Waals surface area contributed by atoms with Crippen molar-refractivity contribution in [3.63, 3.8) is 0 Å². The van der Waals surface area contributed by atoms with Gasteiger partial charge in [0.2, 0.25) is 0 Å². The second kappa shape index (κ2) is 7.61. The lowest BCUT2D eigenvalue weighted by molar-refractivity contribution is -0.145. The number of amides is 1. The molecule has 0 aromatic heterocycles. The Hall–Kier alpha value is -2.90. The quantitative estimate of drug-likeness (QED) is 0.607. The van der Waals surface area contributed by atoms with Crippen molar-refractivity contribution in [2.45, 2.75) is 6.04 Å². The fraction of sp³-hybridized carbons (Fsp3) is 0.0952. The summed E-state index contributed by atoms with van der Waals surface area (Å²) in [5.41, 5.74) is 2.26. The molecule has 7 heteroatoms. The lowest BCUT2D eigenvalue weighted by Crippen LogP contribution is -2.37. The third kappa shape index (κ3) is 3.46. The molecule has 0 aliphatic carbocycles. The molecule has 2 heterocycles. The maximum atomic E-state index is 13.0. The first-order valence-electron chi connectivity index (χ1n) is 8.52. The molecule has 2 aromatic carbocycles. The molecule has 0 bridgehead atoms. The number of carbonyl (C=O) groups excluding carboxylic acids is 1. The van der Waals surface area contributed by atoms with Crippen LogP contribution in [0.15, 0.2) is 71.2 Å².